The van der Waals surface area contributed by atoms with E-state index >= 15 is 0 Å². The van der Waals surface area contributed by atoms with Crippen LogP contribution in [0.4, 0.5) is 0 Å². The Labute approximate surface area is 293 Å². The van der Waals surface area contributed by atoms with Gasteiger partial charge in [-0.25, -0.2) is 4.79 Å². The van der Waals surface area contributed by atoms with Gasteiger partial charge < -0.3 is 28.3 Å². The van der Waals surface area contributed by atoms with Crippen molar-refractivity contribution in [3.05, 3.63) is 0 Å². The molecule has 1 atom stereocenters. The van der Waals surface area contributed by atoms with E-state index in [-0.39, 0.29) is 86.2 Å². The molecule has 39 heavy (non-hydrogen) atoms. The van der Waals surface area contributed by atoms with Crippen molar-refractivity contribution in [2.24, 2.45) is 0 Å². The number of rotatable bonds is 20. The molecule has 0 spiro atoms. The monoisotopic (exact) mass is 612 g/mol. The van der Waals surface area contributed by atoms with Crippen LogP contribution in [0.5, 0.6) is 0 Å². The molecule has 0 unspecified atom stereocenters. The van der Waals surface area contributed by atoms with E-state index in [4.69, 9.17) is 9.47 Å². The summed E-state index contributed by atoms with van der Waals surface area (Å²) in [5, 5.41) is 0. The fourth-order valence-corrected chi connectivity index (χ4v) is 3.58. The topological polar surface area (TPSA) is 125 Å². The van der Waals surface area contributed by atoms with Crippen molar-refractivity contribution in [1.82, 2.24) is 0 Å². The Kier molecular flexibility index (Phi) is 38.5. The summed E-state index contributed by atoms with van der Waals surface area (Å²) in [7, 11) is -5.28. The summed E-state index contributed by atoms with van der Waals surface area (Å²) in [5.74, 6) is 12.5. The first-order chi connectivity index (χ1) is 17.3. The normalized spacial score (nSPS) is 10.3. The van der Waals surface area contributed by atoms with Crippen LogP contribution in [0.15, 0.2) is 0 Å². The molecule has 0 aromatic rings. The molecule has 0 aromatic heterocycles. The number of phosphoric acid groups is 1. The standard InChI is InChI=1S/C27H41O8P.2Na.H2S.5H2/c1-3-5-7-9-10-11-12-13-14-15-16-18-20-22-27(29)35-25(24-34-36(30,31)32)23-33-26(28)21-19-17-8-6-4-2;;;;;;;;/h25H,3,5,7,9-16,18,20,22-24H2,1-2H3,(H2,30,31,32);;;1H2;5*1H/q;2*+1;;;;;;/p-2/t25-;;;;;;;;/m0......../s1. The molecule has 0 rings (SSSR count). The van der Waals surface area contributed by atoms with Crippen molar-refractivity contribution in [3.8, 4) is 35.5 Å². The molecule has 0 radical (unpaired) electrons. The maximum atomic E-state index is 12.1. The van der Waals surface area contributed by atoms with Crippen LogP contribution in [-0.4, -0.2) is 31.3 Å². The molecule has 0 fully saturated rings. The van der Waals surface area contributed by atoms with E-state index in [0.717, 1.165) is 19.3 Å². The summed E-state index contributed by atoms with van der Waals surface area (Å²) in [4.78, 5) is 45.2. The Balaban J connectivity index is -0.000000219. The van der Waals surface area contributed by atoms with E-state index in [1.165, 1.54) is 57.8 Å². The van der Waals surface area contributed by atoms with Gasteiger partial charge in [0.1, 0.15) is 6.61 Å². The second-order valence-corrected chi connectivity index (χ2v) is 9.47. The van der Waals surface area contributed by atoms with Gasteiger partial charge in [0.15, 0.2) is 6.10 Å². The first kappa shape index (κ1) is 46.0. The van der Waals surface area contributed by atoms with Gasteiger partial charge in [-0.3, -0.25) is 4.79 Å². The van der Waals surface area contributed by atoms with Crippen molar-refractivity contribution < 1.29 is 104 Å². The van der Waals surface area contributed by atoms with Gasteiger partial charge in [-0.2, -0.15) is 13.5 Å². The van der Waals surface area contributed by atoms with Crippen LogP contribution < -0.4 is 68.9 Å². The molecule has 12 heteroatoms. The fraction of sp³-hybridized carbons (Fsp3) is 0.704. The summed E-state index contributed by atoms with van der Waals surface area (Å²) in [5.41, 5.74) is 0. The van der Waals surface area contributed by atoms with Crippen LogP contribution in [0.25, 0.3) is 0 Å². The molecule has 0 saturated heterocycles. The third-order valence-corrected chi connectivity index (χ3v) is 5.54. The van der Waals surface area contributed by atoms with Crippen molar-refractivity contribution in [3.63, 3.8) is 0 Å². The SMILES string of the molecule is CC#CC#CC#CC(=O)OC[C@@H](COP(=O)([O-])[O-])OC(=O)CCCCCCCCCCCCCCC.S.[HH].[HH].[HH].[HH].[HH].[Na+].[Na+]. The van der Waals surface area contributed by atoms with Crippen LogP contribution >= 0.6 is 21.3 Å². The van der Waals surface area contributed by atoms with Crippen LogP contribution in [0.3, 0.4) is 0 Å². The molecule has 0 N–H and O–H groups in total. The molecular formula is C27H51Na2O8PS. The molecule has 0 amide bonds. The molecule has 0 bridgehead atoms. The van der Waals surface area contributed by atoms with Gasteiger partial charge in [0, 0.05) is 19.5 Å². The predicted octanol–water partition coefficient (Wildman–Crippen LogP) is -0.851. The van der Waals surface area contributed by atoms with Gasteiger partial charge in [-0.05, 0) is 37.0 Å². The van der Waals surface area contributed by atoms with E-state index in [1.54, 1.807) is 6.92 Å². The van der Waals surface area contributed by atoms with E-state index in [2.05, 4.69) is 47.0 Å². The van der Waals surface area contributed by atoms with Gasteiger partial charge in [-0.15, -0.1) is 0 Å². The van der Waals surface area contributed by atoms with Crippen molar-refractivity contribution in [2.45, 2.75) is 110 Å². The number of hydrogen-bond donors (Lipinski definition) is 0. The molecule has 0 aliphatic heterocycles. The molecule has 0 aromatic carbocycles. The number of phosphoric ester groups is 1. The minimum absolute atomic E-state index is 0. The summed E-state index contributed by atoms with van der Waals surface area (Å²) >= 11 is 0. The second-order valence-electron chi connectivity index (χ2n) is 8.32. The molecule has 0 aliphatic rings. The third kappa shape index (κ3) is 36.1. The summed E-state index contributed by atoms with van der Waals surface area (Å²) < 4.78 is 24.9. The van der Waals surface area contributed by atoms with Gasteiger partial charge >= 0.3 is 71.1 Å². The van der Waals surface area contributed by atoms with Crippen LogP contribution in [-0.2, 0) is 28.2 Å². The number of esters is 2. The minimum Gasteiger partial charge on any atom is -0.790 e. The summed E-state index contributed by atoms with van der Waals surface area (Å²) in [6.45, 7) is 2.56. The maximum absolute atomic E-state index is 12.1. The Morgan fingerprint density at radius 1 is 0.795 bits per heavy atom. The van der Waals surface area contributed by atoms with E-state index in [0.29, 0.717) is 6.42 Å². The molecule has 0 aliphatic carbocycles. The summed E-state index contributed by atoms with van der Waals surface area (Å²) in [6, 6.07) is 0. The van der Waals surface area contributed by atoms with Crippen molar-refractivity contribution >= 4 is 33.3 Å². The van der Waals surface area contributed by atoms with Gasteiger partial charge in [-0.1, -0.05) is 89.9 Å². The van der Waals surface area contributed by atoms with Gasteiger partial charge in [0.25, 0.3) is 0 Å². The van der Waals surface area contributed by atoms with Gasteiger partial charge in [0.2, 0.25) is 0 Å². The van der Waals surface area contributed by atoms with E-state index in [1.807, 2.05) is 0 Å². The smallest absolute Gasteiger partial charge is 0.790 e. The zero-order valence-corrected chi connectivity index (χ0v) is 30.0. The first-order valence-corrected chi connectivity index (χ1v) is 14.2. The minimum atomic E-state index is -5.28. The van der Waals surface area contributed by atoms with Crippen molar-refractivity contribution in [1.29, 1.82) is 0 Å². The van der Waals surface area contributed by atoms with Crippen LogP contribution in [0.1, 0.15) is 111 Å². The fourth-order valence-electron chi connectivity index (χ4n) is 3.23. The Morgan fingerprint density at radius 3 is 1.77 bits per heavy atom. The quantitative estimate of drug-likeness (QED) is 0.0435. The van der Waals surface area contributed by atoms with Crippen LogP contribution in [0, 0.1) is 35.5 Å². The Hall–Kier alpha value is 0.0800. The van der Waals surface area contributed by atoms with Crippen molar-refractivity contribution in [2.75, 3.05) is 13.2 Å². The average molecular weight is 613 g/mol. The molecular weight excluding hydrogens is 561 g/mol. The number of unbranched alkanes of at least 4 members (excludes halogenated alkanes) is 12. The molecule has 8 nitrogen and oxygen atoms in total. The Bertz CT molecular complexity index is 885. The number of carbonyl (C=O) groups excluding carboxylic acids is 2. The summed E-state index contributed by atoms with van der Waals surface area (Å²) in [6.07, 6.45) is 14.1. The number of ether oxygens (including phenoxy) is 2. The first-order valence-electron chi connectivity index (χ1n) is 12.7. The predicted molar refractivity (Wildman–Crippen MR) is 155 cm³/mol. The zero-order valence-electron chi connectivity index (χ0n) is 24.1. The zero-order chi connectivity index (χ0) is 26.9. The second kappa shape index (κ2) is 32.6. The molecule has 220 valence electrons. The van der Waals surface area contributed by atoms with Gasteiger partial charge in [0.05, 0.1) is 14.4 Å². The maximum Gasteiger partial charge on any atom is 1.00 e. The van der Waals surface area contributed by atoms with E-state index in [9.17, 15) is 23.9 Å². The Morgan fingerprint density at radius 2 is 1.28 bits per heavy atom. The van der Waals surface area contributed by atoms with Crippen LogP contribution in [0.2, 0.25) is 0 Å². The van der Waals surface area contributed by atoms with E-state index < -0.39 is 39.1 Å². The molecule has 0 heterocycles. The number of carbonyl (C=O) groups is 2. The molecule has 0 saturated carbocycles. The largest absolute Gasteiger partial charge is 1.00 e. The average Bonchev–Trinajstić information content (AvgIpc) is 2.83. The number of hydrogen-bond acceptors (Lipinski definition) is 8. The third-order valence-electron chi connectivity index (χ3n) is 5.08.